The van der Waals surface area contributed by atoms with Crippen LogP contribution in [0.4, 0.5) is 21.7 Å². The van der Waals surface area contributed by atoms with E-state index in [0.717, 1.165) is 17.0 Å². The number of hydrogen-bond acceptors (Lipinski definition) is 6. The summed E-state index contributed by atoms with van der Waals surface area (Å²) < 4.78 is 14.5. The molecule has 3 aromatic rings. The highest BCUT2D eigenvalue weighted by Crippen LogP contribution is 2.26. The van der Waals surface area contributed by atoms with Gasteiger partial charge in [-0.15, -0.1) is 0 Å². The maximum Gasteiger partial charge on any atom is 0.252 e. The first-order valence-electron chi connectivity index (χ1n) is 9.03. The van der Waals surface area contributed by atoms with Gasteiger partial charge in [0.1, 0.15) is 5.82 Å². The first-order chi connectivity index (χ1) is 13.4. The maximum atomic E-state index is 14.5. The lowest BCUT2D eigenvalue weighted by molar-refractivity contribution is 0.100. The van der Waals surface area contributed by atoms with Gasteiger partial charge in [-0.25, -0.2) is 9.37 Å². The van der Waals surface area contributed by atoms with Crippen molar-refractivity contribution in [3.05, 3.63) is 54.0 Å². The number of carbonyl (C=O) groups excluding carboxylic acids is 1. The van der Waals surface area contributed by atoms with E-state index in [0.29, 0.717) is 12.1 Å². The highest BCUT2D eigenvalue weighted by atomic mass is 19.1. The van der Waals surface area contributed by atoms with Crippen molar-refractivity contribution in [1.82, 2.24) is 9.97 Å². The van der Waals surface area contributed by atoms with Crippen LogP contribution in [0.1, 0.15) is 30.6 Å². The molecule has 0 spiro atoms. The van der Waals surface area contributed by atoms with Crippen LogP contribution in [0.25, 0.3) is 10.9 Å². The molecule has 8 heteroatoms. The van der Waals surface area contributed by atoms with Gasteiger partial charge in [-0.3, -0.25) is 9.78 Å². The molecule has 0 radical (unpaired) electrons. The van der Waals surface area contributed by atoms with Gasteiger partial charge in [0, 0.05) is 29.4 Å². The lowest BCUT2D eigenvalue weighted by Crippen LogP contribution is -2.38. The zero-order valence-corrected chi connectivity index (χ0v) is 15.7. The number of aromatic nitrogens is 2. The number of pyridine rings is 2. The Labute approximate surface area is 162 Å². The maximum absolute atomic E-state index is 14.5. The van der Waals surface area contributed by atoms with Gasteiger partial charge in [0.2, 0.25) is 0 Å². The minimum absolute atomic E-state index is 0.0131. The molecule has 0 fully saturated rings. The van der Waals surface area contributed by atoms with Crippen LogP contribution in [-0.2, 0) is 0 Å². The fraction of sp³-hybridized carbons (Fsp3) is 0.250. The molecular formula is C20H23FN6O. The summed E-state index contributed by atoms with van der Waals surface area (Å²) in [7, 11) is 0. The minimum Gasteiger partial charge on any atom is -0.365 e. The summed E-state index contributed by atoms with van der Waals surface area (Å²) in [5, 5.41) is 6.98. The van der Waals surface area contributed by atoms with E-state index in [-0.39, 0.29) is 29.3 Å². The van der Waals surface area contributed by atoms with Gasteiger partial charge in [-0.2, -0.15) is 0 Å². The molecule has 3 rings (SSSR count). The zero-order chi connectivity index (χ0) is 20.3. The van der Waals surface area contributed by atoms with E-state index in [4.69, 9.17) is 11.5 Å². The van der Waals surface area contributed by atoms with E-state index < -0.39 is 11.7 Å². The highest BCUT2D eigenvalue weighted by molar-refractivity contribution is 5.99. The van der Waals surface area contributed by atoms with Crippen molar-refractivity contribution in [3.63, 3.8) is 0 Å². The first kappa shape index (κ1) is 19.5. The normalized spacial score (nSPS) is 13.1. The molecule has 0 aliphatic carbocycles. The SMILES string of the molecule is CC[C@@H](Nc1nc(Nc2ccc3ncccc3c2)c(C(N)=O)cc1F)[C@H](C)N. The number of halogens is 1. The average molecular weight is 382 g/mol. The second kappa shape index (κ2) is 8.18. The second-order valence-corrected chi connectivity index (χ2v) is 6.63. The van der Waals surface area contributed by atoms with E-state index in [2.05, 4.69) is 20.6 Å². The number of nitrogens with two attached hydrogens (primary N) is 2. The summed E-state index contributed by atoms with van der Waals surface area (Å²) in [5.74, 6) is -1.26. The molecule has 0 unspecified atom stereocenters. The third kappa shape index (κ3) is 4.17. The third-order valence-electron chi connectivity index (χ3n) is 4.50. The summed E-state index contributed by atoms with van der Waals surface area (Å²) >= 11 is 0. The van der Waals surface area contributed by atoms with Crippen molar-refractivity contribution < 1.29 is 9.18 Å². The van der Waals surface area contributed by atoms with Gasteiger partial charge >= 0.3 is 0 Å². The number of benzene rings is 1. The van der Waals surface area contributed by atoms with Crippen LogP contribution in [0.5, 0.6) is 0 Å². The molecule has 0 saturated heterocycles. The van der Waals surface area contributed by atoms with Crippen molar-refractivity contribution in [3.8, 4) is 0 Å². The van der Waals surface area contributed by atoms with Gasteiger partial charge in [0.25, 0.3) is 5.91 Å². The second-order valence-electron chi connectivity index (χ2n) is 6.63. The van der Waals surface area contributed by atoms with E-state index in [9.17, 15) is 9.18 Å². The molecule has 0 bridgehead atoms. The van der Waals surface area contributed by atoms with Gasteiger partial charge in [-0.1, -0.05) is 13.0 Å². The molecule has 0 aliphatic rings. The number of nitrogens with zero attached hydrogens (tertiary/aromatic N) is 2. The van der Waals surface area contributed by atoms with Gasteiger partial charge < -0.3 is 22.1 Å². The van der Waals surface area contributed by atoms with Crippen molar-refractivity contribution in [1.29, 1.82) is 0 Å². The monoisotopic (exact) mass is 382 g/mol. The molecule has 1 aromatic carbocycles. The average Bonchev–Trinajstić information content (AvgIpc) is 2.67. The highest BCUT2D eigenvalue weighted by Gasteiger charge is 2.19. The van der Waals surface area contributed by atoms with Crippen molar-refractivity contribution >= 4 is 34.1 Å². The molecule has 146 valence electrons. The number of nitrogens with one attached hydrogen (secondary N) is 2. The Morgan fingerprint density at radius 3 is 2.71 bits per heavy atom. The largest absolute Gasteiger partial charge is 0.365 e. The predicted molar refractivity (Wildman–Crippen MR) is 109 cm³/mol. The number of amides is 1. The standard InChI is InChI=1S/C20H23FN6O/c1-3-16(11(2)22)26-20-15(21)10-14(18(23)28)19(27-20)25-13-6-7-17-12(9-13)5-4-8-24-17/h4-11,16H,3,22H2,1-2H3,(H2,23,28)(H2,25,26,27)/t11-,16+/m0/s1. The Kier molecular flexibility index (Phi) is 5.70. The van der Waals surface area contributed by atoms with Gasteiger partial charge in [0.05, 0.1) is 11.1 Å². The Morgan fingerprint density at radius 1 is 1.25 bits per heavy atom. The van der Waals surface area contributed by atoms with Crippen LogP contribution in [0.15, 0.2) is 42.6 Å². The van der Waals surface area contributed by atoms with Crippen molar-refractivity contribution in [2.24, 2.45) is 11.5 Å². The molecule has 1 amide bonds. The molecule has 0 saturated carbocycles. The van der Waals surface area contributed by atoms with E-state index >= 15 is 0 Å². The van der Waals surface area contributed by atoms with Crippen LogP contribution in [0.3, 0.4) is 0 Å². The van der Waals surface area contributed by atoms with Crippen molar-refractivity contribution in [2.45, 2.75) is 32.4 Å². The quantitative estimate of drug-likeness (QED) is 0.498. The van der Waals surface area contributed by atoms with E-state index in [1.54, 1.807) is 12.3 Å². The lowest BCUT2D eigenvalue weighted by atomic mass is 10.1. The fourth-order valence-corrected chi connectivity index (χ4v) is 2.94. The molecule has 2 atom stereocenters. The van der Waals surface area contributed by atoms with E-state index in [1.807, 2.05) is 38.1 Å². The summed E-state index contributed by atoms with van der Waals surface area (Å²) in [5.41, 5.74) is 12.8. The van der Waals surface area contributed by atoms with Crippen LogP contribution >= 0.6 is 0 Å². The van der Waals surface area contributed by atoms with Crippen LogP contribution < -0.4 is 22.1 Å². The van der Waals surface area contributed by atoms with Gasteiger partial charge in [-0.05, 0) is 43.7 Å². The Bertz CT molecular complexity index is 1010. The fourth-order valence-electron chi connectivity index (χ4n) is 2.94. The predicted octanol–water partition coefficient (Wildman–Crippen LogP) is 3.15. The lowest BCUT2D eigenvalue weighted by Gasteiger charge is -2.22. The number of fused-ring (bicyclic) bond motifs is 1. The number of carbonyl (C=O) groups is 1. The Balaban J connectivity index is 1.99. The van der Waals surface area contributed by atoms with Crippen molar-refractivity contribution in [2.75, 3.05) is 10.6 Å². The number of primary amides is 1. The third-order valence-corrected chi connectivity index (χ3v) is 4.50. The summed E-state index contributed by atoms with van der Waals surface area (Å²) in [6.45, 7) is 3.78. The zero-order valence-electron chi connectivity index (χ0n) is 15.7. The molecule has 6 N–H and O–H groups in total. The molecule has 7 nitrogen and oxygen atoms in total. The smallest absolute Gasteiger partial charge is 0.252 e. The van der Waals surface area contributed by atoms with Gasteiger partial charge in [0.15, 0.2) is 11.6 Å². The molecule has 2 heterocycles. The Hall–Kier alpha value is -3.26. The van der Waals surface area contributed by atoms with Crippen LogP contribution in [0.2, 0.25) is 0 Å². The summed E-state index contributed by atoms with van der Waals surface area (Å²) in [4.78, 5) is 20.3. The topological polar surface area (TPSA) is 119 Å². The first-order valence-corrected chi connectivity index (χ1v) is 9.03. The molecule has 28 heavy (non-hydrogen) atoms. The summed E-state index contributed by atoms with van der Waals surface area (Å²) in [6, 6.07) is 9.97. The Morgan fingerprint density at radius 2 is 2.04 bits per heavy atom. The number of rotatable bonds is 7. The molecule has 0 aliphatic heterocycles. The molecule has 2 aromatic heterocycles. The minimum atomic E-state index is -0.776. The number of hydrogen-bond donors (Lipinski definition) is 4. The van der Waals surface area contributed by atoms with E-state index in [1.165, 1.54) is 0 Å². The summed E-state index contributed by atoms with van der Waals surface area (Å²) in [6.07, 6.45) is 2.40. The number of anilines is 3. The molecular weight excluding hydrogens is 359 g/mol. The van der Waals surface area contributed by atoms with Crippen LogP contribution in [0, 0.1) is 5.82 Å². The van der Waals surface area contributed by atoms with Crippen LogP contribution in [-0.4, -0.2) is 28.0 Å².